The van der Waals surface area contributed by atoms with Crippen molar-refractivity contribution in [1.82, 2.24) is 4.90 Å². The summed E-state index contributed by atoms with van der Waals surface area (Å²) >= 11 is 0. The van der Waals surface area contributed by atoms with Gasteiger partial charge in [0, 0.05) is 31.6 Å². The SMILES string of the molecule is CN(C)C(=O)c1cc(-c2ccccc2)oc(=O)c1CC(=O)c1ccccc1. The maximum atomic E-state index is 12.7. The lowest BCUT2D eigenvalue weighted by atomic mass is 9.98. The summed E-state index contributed by atoms with van der Waals surface area (Å²) in [5.41, 5.74) is 0.739. The van der Waals surface area contributed by atoms with Gasteiger partial charge in [0.2, 0.25) is 0 Å². The van der Waals surface area contributed by atoms with Crippen molar-refractivity contribution < 1.29 is 14.0 Å². The molecule has 0 saturated carbocycles. The van der Waals surface area contributed by atoms with E-state index in [0.717, 1.165) is 0 Å². The molecule has 3 rings (SSSR count). The first kappa shape index (κ1) is 18.3. The number of benzene rings is 2. The second kappa shape index (κ2) is 7.83. The normalized spacial score (nSPS) is 10.4. The van der Waals surface area contributed by atoms with Gasteiger partial charge < -0.3 is 9.32 Å². The standard InChI is InChI=1S/C22H19NO4/c1-23(2)21(25)17-14-20(16-11-7-4-8-12-16)27-22(26)18(17)13-19(24)15-9-5-3-6-10-15/h3-12,14H,13H2,1-2H3. The van der Waals surface area contributed by atoms with Gasteiger partial charge in [0.1, 0.15) is 5.76 Å². The number of nitrogens with zero attached hydrogens (tertiary/aromatic N) is 1. The molecule has 0 fully saturated rings. The molecule has 0 radical (unpaired) electrons. The van der Waals surface area contributed by atoms with E-state index < -0.39 is 5.63 Å². The van der Waals surface area contributed by atoms with Gasteiger partial charge in [0.25, 0.3) is 5.91 Å². The third-order valence-electron chi connectivity index (χ3n) is 4.18. The highest BCUT2D eigenvalue weighted by Gasteiger charge is 2.22. The molecule has 0 aliphatic rings. The Kier molecular flexibility index (Phi) is 5.31. The van der Waals surface area contributed by atoms with Crippen LogP contribution in [0.2, 0.25) is 0 Å². The predicted octanol–water partition coefficient (Wildman–Crippen LogP) is 3.43. The number of amides is 1. The number of hydrogen-bond donors (Lipinski definition) is 0. The zero-order chi connectivity index (χ0) is 19.4. The molecule has 0 aliphatic carbocycles. The zero-order valence-corrected chi connectivity index (χ0v) is 15.1. The zero-order valence-electron chi connectivity index (χ0n) is 15.1. The van der Waals surface area contributed by atoms with Crippen LogP contribution in [0, 0.1) is 0 Å². The molecule has 0 bridgehead atoms. The highest BCUT2D eigenvalue weighted by atomic mass is 16.4. The van der Waals surface area contributed by atoms with Gasteiger partial charge >= 0.3 is 5.63 Å². The molecule has 1 aromatic heterocycles. The van der Waals surface area contributed by atoms with Crippen molar-refractivity contribution in [3.8, 4) is 11.3 Å². The molecule has 5 heteroatoms. The minimum atomic E-state index is -0.675. The maximum absolute atomic E-state index is 12.7. The molecule has 27 heavy (non-hydrogen) atoms. The monoisotopic (exact) mass is 361 g/mol. The van der Waals surface area contributed by atoms with Crippen LogP contribution in [0.25, 0.3) is 11.3 Å². The van der Waals surface area contributed by atoms with E-state index in [1.54, 1.807) is 56.6 Å². The predicted molar refractivity (Wildman–Crippen MR) is 103 cm³/mol. The van der Waals surface area contributed by atoms with E-state index in [1.165, 1.54) is 11.0 Å². The number of Topliss-reactive ketones (excluding diaryl/α,β-unsaturated/α-hetero) is 1. The van der Waals surface area contributed by atoms with Gasteiger partial charge in [-0.2, -0.15) is 0 Å². The molecule has 0 aliphatic heterocycles. The van der Waals surface area contributed by atoms with E-state index in [-0.39, 0.29) is 29.2 Å². The van der Waals surface area contributed by atoms with Crippen molar-refractivity contribution in [3.63, 3.8) is 0 Å². The van der Waals surface area contributed by atoms with E-state index >= 15 is 0 Å². The summed E-state index contributed by atoms with van der Waals surface area (Å²) < 4.78 is 5.42. The molecular formula is C22H19NO4. The van der Waals surface area contributed by atoms with Gasteiger partial charge in [-0.15, -0.1) is 0 Å². The third kappa shape index (κ3) is 4.03. The van der Waals surface area contributed by atoms with Gasteiger partial charge in [-0.25, -0.2) is 4.79 Å². The molecule has 0 N–H and O–H groups in total. The first-order chi connectivity index (χ1) is 13.0. The molecule has 2 aromatic carbocycles. The number of carbonyl (C=O) groups is 2. The first-order valence-corrected chi connectivity index (χ1v) is 8.49. The minimum Gasteiger partial charge on any atom is -0.422 e. The first-order valence-electron chi connectivity index (χ1n) is 8.49. The molecule has 0 atom stereocenters. The average molecular weight is 361 g/mol. The lowest BCUT2D eigenvalue weighted by molar-refractivity contribution is 0.0825. The fourth-order valence-corrected chi connectivity index (χ4v) is 2.75. The van der Waals surface area contributed by atoms with Crippen LogP contribution in [0.1, 0.15) is 26.3 Å². The van der Waals surface area contributed by atoms with Crippen molar-refractivity contribution in [3.05, 3.63) is 93.8 Å². The van der Waals surface area contributed by atoms with E-state index in [9.17, 15) is 14.4 Å². The summed E-state index contributed by atoms with van der Waals surface area (Å²) in [7, 11) is 3.20. The van der Waals surface area contributed by atoms with Crippen LogP contribution in [-0.4, -0.2) is 30.7 Å². The molecule has 1 heterocycles. The average Bonchev–Trinajstić information content (AvgIpc) is 2.69. The second-order valence-electron chi connectivity index (χ2n) is 6.32. The van der Waals surface area contributed by atoms with Crippen LogP contribution >= 0.6 is 0 Å². The quantitative estimate of drug-likeness (QED) is 0.653. The molecule has 1 amide bonds. The molecular weight excluding hydrogens is 342 g/mol. The van der Waals surface area contributed by atoms with Crippen molar-refractivity contribution >= 4 is 11.7 Å². The number of rotatable bonds is 5. The maximum Gasteiger partial charge on any atom is 0.340 e. The van der Waals surface area contributed by atoms with Crippen LogP contribution in [0.15, 0.2) is 75.9 Å². The van der Waals surface area contributed by atoms with Crippen LogP contribution in [0.5, 0.6) is 0 Å². The molecule has 3 aromatic rings. The number of carbonyl (C=O) groups excluding carboxylic acids is 2. The Hall–Kier alpha value is -3.47. The lowest BCUT2D eigenvalue weighted by Crippen LogP contribution is -2.27. The third-order valence-corrected chi connectivity index (χ3v) is 4.18. The summed E-state index contributed by atoms with van der Waals surface area (Å²) in [5, 5.41) is 0. The molecule has 0 unspecified atom stereocenters. The Bertz CT molecular complexity index is 1020. The molecule has 136 valence electrons. The highest BCUT2D eigenvalue weighted by Crippen LogP contribution is 2.22. The van der Waals surface area contributed by atoms with Crippen molar-refractivity contribution in [2.75, 3.05) is 14.1 Å². The summed E-state index contributed by atoms with van der Waals surface area (Å²) in [6.07, 6.45) is -0.198. The van der Waals surface area contributed by atoms with Gasteiger partial charge in [-0.05, 0) is 6.07 Å². The van der Waals surface area contributed by atoms with Crippen LogP contribution in [0.3, 0.4) is 0 Å². The molecule has 0 saturated heterocycles. The van der Waals surface area contributed by atoms with Gasteiger partial charge in [0.15, 0.2) is 5.78 Å². The smallest absolute Gasteiger partial charge is 0.340 e. The topological polar surface area (TPSA) is 67.6 Å². The Labute approximate surface area is 156 Å². The Balaban J connectivity index is 2.08. The van der Waals surface area contributed by atoms with Crippen LogP contribution in [-0.2, 0) is 6.42 Å². The summed E-state index contributed by atoms with van der Waals surface area (Å²) in [6, 6.07) is 19.2. The molecule has 0 spiro atoms. The van der Waals surface area contributed by atoms with Crippen molar-refractivity contribution in [2.24, 2.45) is 0 Å². The van der Waals surface area contributed by atoms with Crippen molar-refractivity contribution in [2.45, 2.75) is 6.42 Å². The largest absolute Gasteiger partial charge is 0.422 e. The van der Waals surface area contributed by atoms with Gasteiger partial charge in [0.05, 0.1) is 11.1 Å². The Morgan fingerprint density at radius 3 is 2.11 bits per heavy atom. The van der Waals surface area contributed by atoms with Gasteiger partial charge in [-0.1, -0.05) is 60.7 Å². The minimum absolute atomic E-state index is 0.0715. The van der Waals surface area contributed by atoms with E-state index in [1.807, 2.05) is 18.2 Å². The second-order valence-corrected chi connectivity index (χ2v) is 6.32. The van der Waals surface area contributed by atoms with Gasteiger partial charge in [-0.3, -0.25) is 9.59 Å². The number of ketones is 1. The van der Waals surface area contributed by atoms with Crippen LogP contribution < -0.4 is 5.63 Å². The fourth-order valence-electron chi connectivity index (χ4n) is 2.75. The lowest BCUT2D eigenvalue weighted by Gasteiger charge is -2.14. The van der Waals surface area contributed by atoms with E-state index in [2.05, 4.69) is 0 Å². The van der Waals surface area contributed by atoms with E-state index in [4.69, 9.17) is 4.42 Å². The Morgan fingerprint density at radius 2 is 1.52 bits per heavy atom. The Morgan fingerprint density at radius 1 is 0.926 bits per heavy atom. The summed E-state index contributed by atoms with van der Waals surface area (Å²) in [4.78, 5) is 39.2. The highest BCUT2D eigenvalue weighted by molar-refractivity contribution is 6.01. The number of hydrogen-bond acceptors (Lipinski definition) is 4. The van der Waals surface area contributed by atoms with Crippen molar-refractivity contribution in [1.29, 1.82) is 0 Å². The van der Waals surface area contributed by atoms with E-state index in [0.29, 0.717) is 16.9 Å². The van der Waals surface area contributed by atoms with Crippen LogP contribution in [0.4, 0.5) is 0 Å². The molecule has 5 nitrogen and oxygen atoms in total. The summed E-state index contributed by atoms with van der Waals surface area (Å²) in [5.74, 6) is -0.305. The fraction of sp³-hybridized carbons (Fsp3) is 0.136. The summed E-state index contributed by atoms with van der Waals surface area (Å²) in [6.45, 7) is 0.